The van der Waals surface area contributed by atoms with Crippen molar-refractivity contribution in [1.29, 1.82) is 0 Å². The van der Waals surface area contributed by atoms with Gasteiger partial charge in [0.15, 0.2) is 0 Å². The maximum atomic E-state index is 14.3. The third kappa shape index (κ3) is 2.70. The van der Waals surface area contributed by atoms with Gasteiger partial charge in [-0.05, 0) is 24.1 Å². The van der Waals surface area contributed by atoms with Crippen molar-refractivity contribution in [3.63, 3.8) is 0 Å². The fourth-order valence-electron chi connectivity index (χ4n) is 1.97. The molecular weight excluding hydrogens is 370 g/mol. The lowest BCUT2D eigenvalue weighted by Gasteiger charge is -2.23. The smallest absolute Gasteiger partial charge is 0.314 e. The zero-order valence-electron chi connectivity index (χ0n) is 10.9. The van der Waals surface area contributed by atoms with Crippen molar-refractivity contribution in [2.24, 2.45) is 0 Å². The van der Waals surface area contributed by atoms with Crippen LogP contribution < -0.4 is 0 Å². The summed E-state index contributed by atoms with van der Waals surface area (Å²) >= 11 is 2.01. The number of halogens is 2. The summed E-state index contributed by atoms with van der Waals surface area (Å²) in [5, 5.41) is 9.34. The minimum Gasteiger partial charge on any atom is -0.481 e. The molecule has 0 aromatic heterocycles. The largest absolute Gasteiger partial charge is 0.481 e. The molecule has 20 heavy (non-hydrogen) atoms. The number of rotatable bonds is 4. The summed E-state index contributed by atoms with van der Waals surface area (Å²) in [6.45, 7) is 1.61. The van der Waals surface area contributed by atoms with Gasteiger partial charge in [0.05, 0.1) is 5.41 Å². The molecule has 0 amide bonds. The van der Waals surface area contributed by atoms with Crippen LogP contribution in [-0.2, 0) is 10.2 Å². The van der Waals surface area contributed by atoms with E-state index in [1.165, 1.54) is 6.07 Å². The van der Waals surface area contributed by atoms with Crippen molar-refractivity contribution in [2.75, 3.05) is 4.43 Å². The first-order valence-electron chi connectivity index (χ1n) is 6.14. The number of alkyl halides is 1. The third-order valence-corrected chi connectivity index (χ3v) is 4.96. The van der Waals surface area contributed by atoms with E-state index < -0.39 is 17.2 Å². The summed E-state index contributed by atoms with van der Waals surface area (Å²) in [7, 11) is 0. The lowest BCUT2D eigenvalue weighted by atomic mass is 9.84. The maximum absolute atomic E-state index is 14.3. The van der Waals surface area contributed by atoms with E-state index >= 15 is 0 Å². The number of benzene rings is 2. The first kappa shape index (κ1) is 15.0. The van der Waals surface area contributed by atoms with Crippen molar-refractivity contribution >= 4 is 28.6 Å². The highest BCUT2D eigenvalue weighted by Gasteiger charge is 2.34. The predicted molar refractivity (Wildman–Crippen MR) is 85.7 cm³/mol. The van der Waals surface area contributed by atoms with Crippen LogP contribution in [0.3, 0.4) is 0 Å². The zero-order valence-corrected chi connectivity index (χ0v) is 13.1. The predicted octanol–water partition coefficient (Wildman–Crippen LogP) is 4.27. The second kappa shape index (κ2) is 5.91. The van der Waals surface area contributed by atoms with Crippen LogP contribution in [0.5, 0.6) is 0 Å². The molecule has 1 atom stereocenters. The molecule has 1 N–H and O–H groups in total. The Balaban J connectivity index is 2.48. The van der Waals surface area contributed by atoms with E-state index in [2.05, 4.69) is 0 Å². The lowest BCUT2D eigenvalue weighted by Crippen LogP contribution is -2.34. The van der Waals surface area contributed by atoms with Crippen molar-refractivity contribution < 1.29 is 14.3 Å². The van der Waals surface area contributed by atoms with Crippen LogP contribution in [0.4, 0.5) is 4.39 Å². The van der Waals surface area contributed by atoms with Crippen molar-refractivity contribution in [3.8, 4) is 11.1 Å². The summed E-state index contributed by atoms with van der Waals surface area (Å²) < 4.78 is 14.6. The average molecular weight is 384 g/mol. The van der Waals surface area contributed by atoms with Gasteiger partial charge in [0, 0.05) is 9.99 Å². The fraction of sp³-hybridized carbons (Fsp3) is 0.188. The highest BCUT2D eigenvalue weighted by molar-refractivity contribution is 14.1. The first-order chi connectivity index (χ1) is 9.49. The van der Waals surface area contributed by atoms with Gasteiger partial charge in [-0.2, -0.15) is 0 Å². The number of hydrogen-bond donors (Lipinski definition) is 1. The third-order valence-electron chi connectivity index (χ3n) is 3.43. The normalized spacial score (nSPS) is 13.8. The van der Waals surface area contributed by atoms with Gasteiger partial charge in [-0.1, -0.05) is 65.1 Å². The molecule has 1 unspecified atom stereocenters. The zero-order chi connectivity index (χ0) is 14.8. The Morgan fingerprint density at radius 3 is 2.40 bits per heavy atom. The van der Waals surface area contributed by atoms with E-state index in [0.29, 0.717) is 15.6 Å². The molecule has 0 saturated carbocycles. The van der Waals surface area contributed by atoms with E-state index in [-0.39, 0.29) is 0 Å². The van der Waals surface area contributed by atoms with Gasteiger partial charge in [-0.25, -0.2) is 4.39 Å². The molecule has 0 spiro atoms. The Morgan fingerprint density at radius 1 is 1.25 bits per heavy atom. The van der Waals surface area contributed by atoms with Gasteiger partial charge in [-0.3, -0.25) is 4.79 Å². The SMILES string of the molecule is CC(CI)(C(=O)O)c1ccc(-c2ccccc2)c(F)c1. The standard InChI is InChI=1S/C16H14FIO2/c1-16(10-18,15(19)20)12-7-8-13(14(17)9-12)11-5-3-2-4-6-11/h2-9H,10H2,1H3,(H,19,20). The maximum Gasteiger partial charge on any atom is 0.314 e. The van der Waals surface area contributed by atoms with Crippen LogP contribution in [0.2, 0.25) is 0 Å². The van der Waals surface area contributed by atoms with Crippen molar-refractivity contribution in [2.45, 2.75) is 12.3 Å². The molecule has 0 aliphatic heterocycles. The van der Waals surface area contributed by atoms with Crippen LogP contribution in [0, 0.1) is 5.82 Å². The van der Waals surface area contributed by atoms with E-state index in [1.807, 2.05) is 52.9 Å². The number of carboxylic acids is 1. The van der Waals surface area contributed by atoms with Gasteiger partial charge >= 0.3 is 5.97 Å². The van der Waals surface area contributed by atoms with Crippen molar-refractivity contribution in [3.05, 3.63) is 59.9 Å². The number of hydrogen-bond acceptors (Lipinski definition) is 1. The van der Waals surface area contributed by atoms with Gasteiger partial charge in [0.1, 0.15) is 5.82 Å². The molecule has 0 fully saturated rings. The Morgan fingerprint density at radius 2 is 1.90 bits per heavy atom. The molecule has 2 rings (SSSR count). The highest BCUT2D eigenvalue weighted by Crippen LogP contribution is 2.31. The summed E-state index contributed by atoms with van der Waals surface area (Å²) in [6, 6.07) is 13.9. The summed E-state index contributed by atoms with van der Waals surface area (Å²) in [6.07, 6.45) is 0. The fourth-order valence-corrected chi connectivity index (χ4v) is 2.73. The molecule has 0 aliphatic rings. The Kier molecular flexibility index (Phi) is 4.42. The van der Waals surface area contributed by atoms with Gasteiger partial charge in [-0.15, -0.1) is 0 Å². The average Bonchev–Trinajstić information content (AvgIpc) is 2.47. The first-order valence-corrected chi connectivity index (χ1v) is 7.66. The molecule has 104 valence electrons. The van der Waals surface area contributed by atoms with Gasteiger partial charge in [0.25, 0.3) is 0 Å². The van der Waals surface area contributed by atoms with Crippen LogP contribution in [0.1, 0.15) is 12.5 Å². The highest BCUT2D eigenvalue weighted by atomic mass is 127. The second-order valence-corrected chi connectivity index (χ2v) is 5.59. The van der Waals surface area contributed by atoms with Crippen LogP contribution >= 0.6 is 22.6 Å². The van der Waals surface area contributed by atoms with E-state index in [0.717, 1.165) is 5.56 Å². The summed E-state index contributed by atoms with van der Waals surface area (Å²) in [4.78, 5) is 11.4. The lowest BCUT2D eigenvalue weighted by molar-refractivity contribution is -0.142. The van der Waals surface area contributed by atoms with E-state index in [4.69, 9.17) is 0 Å². The van der Waals surface area contributed by atoms with Crippen LogP contribution in [-0.4, -0.2) is 15.5 Å². The monoisotopic (exact) mass is 384 g/mol. The Bertz CT molecular complexity index is 628. The quantitative estimate of drug-likeness (QED) is 0.632. The molecule has 2 aromatic rings. The Hall–Kier alpha value is -1.43. The van der Waals surface area contributed by atoms with Crippen LogP contribution in [0.25, 0.3) is 11.1 Å². The number of carbonyl (C=O) groups is 1. The number of carboxylic acid groups (broad SMARTS) is 1. The summed E-state index contributed by atoms with van der Waals surface area (Å²) in [5.41, 5.74) is 0.673. The van der Waals surface area contributed by atoms with Gasteiger partial charge < -0.3 is 5.11 Å². The molecule has 0 heterocycles. The summed E-state index contributed by atoms with van der Waals surface area (Å²) in [5.74, 6) is -1.34. The minimum atomic E-state index is -1.07. The second-order valence-electron chi connectivity index (χ2n) is 4.83. The molecule has 0 aliphatic carbocycles. The molecular formula is C16H14FIO2. The van der Waals surface area contributed by atoms with Gasteiger partial charge in [0.2, 0.25) is 0 Å². The van der Waals surface area contributed by atoms with E-state index in [1.54, 1.807) is 19.1 Å². The van der Waals surface area contributed by atoms with E-state index in [9.17, 15) is 14.3 Å². The molecule has 4 heteroatoms. The minimum absolute atomic E-state index is 0.379. The van der Waals surface area contributed by atoms with Crippen LogP contribution in [0.15, 0.2) is 48.5 Å². The topological polar surface area (TPSA) is 37.3 Å². The molecule has 0 radical (unpaired) electrons. The molecule has 0 saturated heterocycles. The number of aliphatic carboxylic acids is 1. The molecule has 2 nitrogen and oxygen atoms in total. The molecule has 2 aromatic carbocycles. The van der Waals surface area contributed by atoms with Crippen molar-refractivity contribution in [1.82, 2.24) is 0 Å². The Labute approximate surface area is 130 Å². The molecule has 0 bridgehead atoms.